The number of nitrogens with zero attached hydrogens (tertiary/aromatic N) is 2. The van der Waals surface area contributed by atoms with E-state index in [4.69, 9.17) is 21.1 Å². The molecule has 0 saturated carbocycles. The predicted octanol–water partition coefficient (Wildman–Crippen LogP) is 3.30. The Morgan fingerprint density at radius 2 is 2.04 bits per heavy atom. The summed E-state index contributed by atoms with van der Waals surface area (Å²) in [4.78, 5) is 6.69. The number of benzene rings is 2. The molecule has 7 heteroatoms. The fourth-order valence-electron chi connectivity index (χ4n) is 3.45. The molecule has 1 heterocycles. The van der Waals surface area contributed by atoms with Gasteiger partial charge in [0.15, 0.2) is 17.5 Å². The fourth-order valence-corrected chi connectivity index (χ4v) is 3.63. The molecule has 0 radical (unpaired) electrons. The molecule has 6 nitrogen and oxygen atoms in total. The van der Waals surface area contributed by atoms with Gasteiger partial charge in [-0.2, -0.15) is 0 Å². The quantitative estimate of drug-likeness (QED) is 0.573. The second-order valence-electron chi connectivity index (χ2n) is 6.63. The van der Waals surface area contributed by atoms with Gasteiger partial charge in [0, 0.05) is 49.0 Å². The zero-order valence-electron chi connectivity index (χ0n) is 16.5. The van der Waals surface area contributed by atoms with E-state index in [1.165, 1.54) is 0 Å². The third kappa shape index (κ3) is 4.81. The van der Waals surface area contributed by atoms with Gasteiger partial charge >= 0.3 is 0 Å². The number of hydrogen-bond acceptors (Lipinski definition) is 4. The van der Waals surface area contributed by atoms with Crippen LogP contribution in [0.2, 0.25) is 5.02 Å². The molecule has 2 aromatic rings. The maximum atomic E-state index is 6.12. The molecule has 0 aliphatic carbocycles. The molecule has 2 N–H and O–H groups in total. The van der Waals surface area contributed by atoms with Gasteiger partial charge in [-0.05, 0) is 30.7 Å². The largest absolute Gasteiger partial charge is 0.493 e. The Bertz CT molecular complexity index is 828. The predicted molar refractivity (Wildman–Crippen MR) is 115 cm³/mol. The molecule has 0 aromatic heterocycles. The number of anilines is 1. The smallest absolute Gasteiger partial charge is 0.191 e. The summed E-state index contributed by atoms with van der Waals surface area (Å²) in [5, 5.41) is 7.64. The lowest BCUT2D eigenvalue weighted by Gasteiger charge is -2.21. The molecule has 3 rings (SSSR count). The van der Waals surface area contributed by atoms with Crippen molar-refractivity contribution in [3.63, 3.8) is 0 Å². The van der Waals surface area contributed by atoms with E-state index in [0.29, 0.717) is 12.6 Å². The van der Waals surface area contributed by atoms with Gasteiger partial charge in [-0.15, -0.1) is 0 Å². The topological polar surface area (TPSA) is 58.1 Å². The first-order valence-electron chi connectivity index (χ1n) is 9.32. The number of halogens is 1. The Morgan fingerprint density at radius 1 is 1.21 bits per heavy atom. The van der Waals surface area contributed by atoms with Crippen LogP contribution in [0.25, 0.3) is 0 Å². The second-order valence-corrected chi connectivity index (χ2v) is 7.07. The van der Waals surface area contributed by atoms with Crippen molar-refractivity contribution in [2.75, 3.05) is 39.3 Å². The van der Waals surface area contributed by atoms with Crippen LogP contribution in [0.15, 0.2) is 47.5 Å². The minimum Gasteiger partial charge on any atom is -0.493 e. The standard InChI is InChI=1S/C21H27ClN4O2/c1-23-21(24-13-15-6-4-9-19(27-2)20(15)28-3)25-17-10-11-26(14-17)18-8-5-7-16(22)12-18/h4-9,12,17H,10-11,13-14H2,1-3H3,(H2,23,24,25). The van der Waals surface area contributed by atoms with Crippen molar-refractivity contribution < 1.29 is 9.47 Å². The van der Waals surface area contributed by atoms with Crippen LogP contribution < -0.4 is 25.0 Å². The summed E-state index contributed by atoms with van der Waals surface area (Å²) in [6.45, 7) is 2.48. The van der Waals surface area contributed by atoms with Crippen molar-refractivity contribution in [3.8, 4) is 11.5 Å². The monoisotopic (exact) mass is 402 g/mol. The molecule has 0 bridgehead atoms. The van der Waals surface area contributed by atoms with E-state index in [1.807, 2.05) is 36.4 Å². The van der Waals surface area contributed by atoms with Crippen LogP contribution >= 0.6 is 11.6 Å². The maximum absolute atomic E-state index is 6.12. The second kappa shape index (κ2) is 9.55. The van der Waals surface area contributed by atoms with Crippen molar-refractivity contribution >= 4 is 23.2 Å². The van der Waals surface area contributed by atoms with Crippen LogP contribution in [-0.4, -0.2) is 46.4 Å². The lowest BCUT2D eigenvalue weighted by atomic mass is 10.2. The summed E-state index contributed by atoms with van der Waals surface area (Å²) in [7, 11) is 5.07. The highest BCUT2D eigenvalue weighted by Crippen LogP contribution is 2.30. The van der Waals surface area contributed by atoms with Crippen LogP contribution in [0.3, 0.4) is 0 Å². The van der Waals surface area contributed by atoms with Crippen LogP contribution in [-0.2, 0) is 6.54 Å². The average Bonchev–Trinajstić information content (AvgIpc) is 3.19. The lowest BCUT2D eigenvalue weighted by Crippen LogP contribution is -2.44. The molecule has 1 aliphatic rings. The van der Waals surface area contributed by atoms with Crippen LogP contribution in [0.5, 0.6) is 11.5 Å². The first-order valence-corrected chi connectivity index (χ1v) is 9.70. The lowest BCUT2D eigenvalue weighted by molar-refractivity contribution is 0.351. The van der Waals surface area contributed by atoms with Crippen LogP contribution in [0.4, 0.5) is 5.69 Å². The molecular weight excluding hydrogens is 376 g/mol. The third-order valence-electron chi connectivity index (χ3n) is 4.86. The normalized spacial score (nSPS) is 16.8. The van der Waals surface area contributed by atoms with Crippen molar-refractivity contribution in [1.82, 2.24) is 10.6 Å². The summed E-state index contributed by atoms with van der Waals surface area (Å²) in [5.74, 6) is 2.22. The molecule has 1 aliphatic heterocycles. The number of para-hydroxylation sites is 1. The van der Waals surface area contributed by atoms with E-state index in [-0.39, 0.29) is 0 Å². The maximum Gasteiger partial charge on any atom is 0.191 e. The van der Waals surface area contributed by atoms with Crippen molar-refractivity contribution in [3.05, 3.63) is 53.1 Å². The highest BCUT2D eigenvalue weighted by Gasteiger charge is 2.23. The number of methoxy groups -OCH3 is 2. The Morgan fingerprint density at radius 3 is 2.75 bits per heavy atom. The summed E-state index contributed by atoms with van der Waals surface area (Å²) in [6, 6.07) is 14.2. The average molecular weight is 403 g/mol. The van der Waals surface area contributed by atoms with Gasteiger partial charge < -0.3 is 25.0 Å². The Labute approximate surface area is 171 Å². The molecule has 1 unspecified atom stereocenters. The van der Waals surface area contributed by atoms with Crippen molar-refractivity contribution in [1.29, 1.82) is 0 Å². The summed E-state index contributed by atoms with van der Waals surface area (Å²) < 4.78 is 10.9. The zero-order valence-corrected chi connectivity index (χ0v) is 17.3. The summed E-state index contributed by atoms with van der Waals surface area (Å²) in [6.07, 6.45) is 1.04. The van der Waals surface area contributed by atoms with E-state index in [1.54, 1.807) is 21.3 Å². The molecule has 1 saturated heterocycles. The molecule has 0 amide bonds. The third-order valence-corrected chi connectivity index (χ3v) is 5.09. The van der Waals surface area contributed by atoms with Gasteiger partial charge in [-0.1, -0.05) is 29.8 Å². The van der Waals surface area contributed by atoms with Gasteiger partial charge in [-0.3, -0.25) is 4.99 Å². The summed E-state index contributed by atoms with van der Waals surface area (Å²) in [5.41, 5.74) is 2.16. The molecule has 150 valence electrons. The van der Waals surface area contributed by atoms with E-state index in [9.17, 15) is 0 Å². The number of rotatable bonds is 6. The van der Waals surface area contributed by atoms with Gasteiger partial charge in [0.25, 0.3) is 0 Å². The van der Waals surface area contributed by atoms with E-state index in [0.717, 1.165) is 53.2 Å². The summed E-state index contributed by atoms with van der Waals surface area (Å²) >= 11 is 6.12. The first kappa shape index (κ1) is 20.1. The SMILES string of the molecule is CN=C(NCc1cccc(OC)c1OC)NC1CCN(c2cccc(Cl)c2)C1. The highest BCUT2D eigenvalue weighted by atomic mass is 35.5. The number of guanidine groups is 1. The minimum absolute atomic E-state index is 0.317. The van der Waals surface area contributed by atoms with Gasteiger partial charge in [0.2, 0.25) is 0 Å². The number of hydrogen-bond donors (Lipinski definition) is 2. The van der Waals surface area contributed by atoms with Gasteiger partial charge in [0.1, 0.15) is 0 Å². The number of aliphatic imine (C=N–C) groups is 1. The highest BCUT2D eigenvalue weighted by molar-refractivity contribution is 6.30. The van der Waals surface area contributed by atoms with Crippen LogP contribution in [0.1, 0.15) is 12.0 Å². The minimum atomic E-state index is 0.317. The Kier molecular flexibility index (Phi) is 6.87. The molecule has 28 heavy (non-hydrogen) atoms. The van der Waals surface area contributed by atoms with E-state index >= 15 is 0 Å². The van der Waals surface area contributed by atoms with Crippen LogP contribution in [0, 0.1) is 0 Å². The molecule has 1 fully saturated rings. The van der Waals surface area contributed by atoms with E-state index in [2.05, 4.69) is 26.6 Å². The van der Waals surface area contributed by atoms with E-state index < -0.39 is 0 Å². The van der Waals surface area contributed by atoms with Crippen molar-refractivity contribution in [2.45, 2.75) is 19.0 Å². The molecule has 2 aromatic carbocycles. The fraction of sp³-hybridized carbons (Fsp3) is 0.381. The number of nitrogens with one attached hydrogen (secondary N) is 2. The first-order chi connectivity index (χ1) is 13.6. The molecule has 1 atom stereocenters. The van der Waals surface area contributed by atoms with Gasteiger partial charge in [0.05, 0.1) is 14.2 Å². The van der Waals surface area contributed by atoms with Gasteiger partial charge in [-0.25, -0.2) is 0 Å². The number of ether oxygens (including phenoxy) is 2. The molecular formula is C21H27ClN4O2. The Hall–Kier alpha value is -2.60. The Balaban J connectivity index is 1.57. The zero-order chi connectivity index (χ0) is 19.9. The molecule has 0 spiro atoms. The van der Waals surface area contributed by atoms with Crippen molar-refractivity contribution in [2.24, 2.45) is 4.99 Å².